The Morgan fingerprint density at radius 3 is 2.89 bits per heavy atom. The molecule has 0 unspecified atom stereocenters. The Morgan fingerprint density at radius 2 is 2.11 bits per heavy atom. The molecule has 10 nitrogen and oxygen atoms in total. The van der Waals surface area contributed by atoms with Gasteiger partial charge in [0.25, 0.3) is 5.56 Å². The van der Waals surface area contributed by atoms with E-state index in [0.717, 1.165) is 28.7 Å². The molecule has 35 heavy (non-hydrogen) atoms. The smallest absolute Gasteiger partial charge is 0.335 e. The number of methoxy groups -OCH3 is 1. The van der Waals surface area contributed by atoms with Gasteiger partial charge in [-0.1, -0.05) is 23.7 Å². The molecule has 0 fully saturated rings. The van der Waals surface area contributed by atoms with Crippen molar-refractivity contribution in [3.63, 3.8) is 0 Å². The van der Waals surface area contributed by atoms with E-state index in [4.69, 9.17) is 25.8 Å². The van der Waals surface area contributed by atoms with Crippen molar-refractivity contribution in [1.82, 2.24) is 14.5 Å². The summed E-state index contributed by atoms with van der Waals surface area (Å²) in [5.41, 5.74) is 0.557. The molecule has 0 amide bonds. The van der Waals surface area contributed by atoms with Crippen LogP contribution in [-0.2, 0) is 6.42 Å². The molecule has 0 radical (unpaired) electrons. The standard InChI is InChI=1S/C24H23ClN4O6/c1-28-8-7-13-9-18-20(35-12-34-18)21(33-2)19(13)17(28)11-26-10-14-22(30)27-24(32)29(23(14)31)16-6-4-3-5-15(16)25/h3-6,9-10,17,31H,7-8,11-12H2,1-2H3,(H,27,30,32)/t17-/m1/s1. The SMILES string of the molecule is COc1c2c(cc3c1[C@@H](CN=Cc1c(O)n(-c4ccccc4Cl)c(=O)[nH]c1=O)N(C)CC3)OCO2. The summed E-state index contributed by atoms with van der Waals surface area (Å²) < 4.78 is 17.8. The van der Waals surface area contributed by atoms with Crippen LogP contribution in [0.5, 0.6) is 23.1 Å². The van der Waals surface area contributed by atoms with E-state index in [9.17, 15) is 14.7 Å². The van der Waals surface area contributed by atoms with Crippen molar-refractivity contribution in [2.45, 2.75) is 12.5 Å². The highest BCUT2D eigenvalue weighted by atomic mass is 35.5. The van der Waals surface area contributed by atoms with Gasteiger partial charge in [-0.25, -0.2) is 9.36 Å². The van der Waals surface area contributed by atoms with Crippen molar-refractivity contribution >= 4 is 17.8 Å². The number of ether oxygens (including phenoxy) is 3. The summed E-state index contributed by atoms with van der Waals surface area (Å²) in [7, 11) is 3.57. The number of likely N-dealkylation sites (N-methyl/N-ethyl adjacent to an activating group) is 1. The van der Waals surface area contributed by atoms with Crippen LogP contribution in [0.2, 0.25) is 5.02 Å². The van der Waals surface area contributed by atoms with Crippen LogP contribution >= 0.6 is 11.6 Å². The lowest BCUT2D eigenvalue weighted by Gasteiger charge is -2.35. The van der Waals surface area contributed by atoms with Crippen LogP contribution in [0.4, 0.5) is 0 Å². The zero-order valence-corrected chi connectivity index (χ0v) is 19.8. The number of rotatable bonds is 5. The van der Waals surface area contributed by atoms with Gasteiger partial charge < -0.3 is 19.3 Å². The van der Waals surface area contributed by atoms with Crippen LogP contribution in [0.25, 0.3) is 5.69 Å². The van der Waals surface area contributed by atoms with Crippen LogP contribution < -0.4 is 25.5 Å². The number of benzene rings is 2. The minimum absolute atomic E-state index is 0.135. The zero-order chi connectivity index (χ0) is 24.7. The largest absolute Gasteiger partial charge is 0.493 e. The van der Waals surface area contributed by atoms with Crippen molar-refractivity contribution in [2.75, 3.05) is 34.0 Å². The van der Waals surface area contributed by atoms with Crippen LogP contribution in [-0.4, -0.2) is 59.8 Å². The average molecular weight is 499 g/mol. The maximum absolute atomic E-state index is 12.5. The molecule has 5 rings (SSSR count). The zero-order valence-electron chi connectivity index (χ0n) is 19.1. The fourth-order valence-electron chi connectivity index (χ4n) is 4.51. The summed E-state index contributed by atoms with van der Waals surface area (Å²) in [4.78, 5) is 33.7. The number of nitrogens with one attached hydrogen (secondary N) is 1. The minimum Gasteiger partial charge on any atom is -0.493 e. The lowest BCUT2D eigenvalue weighted by atomic mass is 9.91. The van der Waals surface area contributed by atoms with Crippen molar-refractivity contribution in [3.8, 4) is 28.8 Å². The lowest BCUT2D eigenvalue weighted by molar-refractivity contribution is 0.170. The van der Waals surface area contributed by atoms with Gasteiger partial charge in [-0.3, -0.25) is 19.7 Å². The summed E-state index contributed by atoms with van der Waals surface area (Å²) in [6, 6.07) is 8.31. The summed E-state index contributed by atoms with van der Waals surface area (Å²) in [5, 5.41) is 11.0. The molecule has 0 spiro atoms. The lowest BCUT2D eigenvalue weighted by Crippen LogP contribution is -2.34. The Hall–Kier alpha value is -3.76. The Kier molecular flexibility index (Phi) is 6.00. The van der Waals surface area contributed by atoms with Crippen LogP contribution in [0, 0.1) is 0 Å². The topological polar surface area (TPSA) is 118 Å². The molecule has 2 aromatic carbocycles. The number of para-hydroxylation sites is 1. The second kappa shape index (κ2) is 9.12. The summed E-state index contributed by atoms with van der Waals surface area (Å²) >= 11 is 6.20. The van der Waals surface area contributed by atoms with Gasteiger partial charge in [0.2, 0.25) is 18.4 Å². The highest BCUT2D eigenvalue weighted by molar-refractivity contribution is 6.32. The number of hydrogen-bond acceptors (Lipinski definition) is 8. The number of aromatic hydroxyl groups is 1. The molecule has 1 aromatic heterocycles. The first-order valence-electron chi connectivity index (χ1n) is 10.9. The number of H-pyrrole nitrogens is 1. The number of fused-ring (bicyclic) bond motifs is 2. The molecule has 2 aliphatic heterocycles. The number of hydrogen-bond donors (Lipinski definition) is 2. The van der Waals surface area contributed by atoms with E-state index in [-0.39, 0.29) is 35.7 Å². The highest BCUT2D eigenvalue weighted by Gasteiger charge is 2.33. The number of nitrogens with zero attached hydrogens (tertiary/aromatic N) is 3. The third-order valence-corrected chi connectivity index (χ3v) is 6.58. The second-order valence-corrected chi connectivity index (χ2v) is 8.65. The van der Waals surface area contributed by atoms with Gasteiger partial charge in [-0.2, -0.15) is 0 Å². The molecule has 11 heteroatoms. The summed E-state index contributed by atoms with van der Waals surface area (Å²) in [5.74, 6) is 1.28. The number of halogens is 1. The highest BCUT2D eigenvalue weighted by Crippen LogP contribution is 2.49. The predicted molar refractivity (Wildman–Crippen MR) is 130 cm³/mol. The quantitative estimate of drug-likeness (QED) is 0.518. The Morgan fingerprint density at radius 1 is 1.31 bits per heavy atom. The monoisotopic (exact) mass is 498 g/mol. The first kappa shape index (κ1) is 23.0. The van der Waals surface area contributed by atoms with Crippen molar-refractivity contribution in [3.05, 3.63) is 72.9 Å². The molecule has 2 aliphatic rings. The predicted octanol–water partition coefficient (Wildman–Crippen LogP) is 2.27. The van der Waals surface area contributed by atoms with Gasteiger partial charge in [0.05, 0.1) is 30.4 Å². The van der Waals surface area contributed by atoms with Crippen LogP contribution in [0.3, 0.4) is 0 Å². The molecule has 0 aliphatic carbocycles. The molecule has 0 saturated carbocycles. The van der Waals surface area contributed by atoms with Crippen LogP contribution in [0.15, 0.2) is 44.9 Å². The molecule has 2 N–H and O–H groups in total. The van der Waals surface area contributed by atoms with Crippen molar-refractivity contribution in [2.24, 2.45) is 4.99 Å². The number of aromatic amines is 1. The normalized spacial score (nSPS) is 17.1. The van der Waals surface area contributed by atoms with Gasteiger partial charge in [-0.05, 0) is 37.2 Å². The van der Waals surface area contributed by atoms with Gasteiger partial charge in [0, 0.05) is 18.3 Å². The summed E-state index contributed by atoms with van der Waals surface area (Å²) in [6.07, 6.45) is 2.07. The maximum atomic E-state index is 12.5. The third-order valence-electron chi connectivity index (χ3n) is 6.26. The van der Waals surface area contributed by atoms with Gasteiger partial charge >= 0.3 is 5.69 Å². The number of aromatic nitrogens is 2. The summed E-state index contributed by atoms with van der Waals surface area (Å²) in [6.45, 7) is 1.19. The van der Waals surface area contributed by atoms with Crippen molar-refractivity contribution < 1.29 is 19.3 Å². The van der Waals surface area contributed by atoms with E-state index in [1.54, 1.807) is 31.4 Å². The molecule has 0 bridgehead atoms. The molecule has 182 valence electrons. The van der Waals surface area contributed by atoms with E-state index in [0.29, 0.717) is 17.2 Å². The molecule has 0 saturated heterocycles. The molecular formula is C24H23ClN4O6. The second-order valence-electron chi connectivity index (χ2n) is 8.24. The molecule has 3 aromatic rings. The fourth-order valence-corrected chi connectivity index (χ4v) is 4.73. The Balaban J connectivity index is 1.52. The van der Waals surface area contributed by atoms with Gasteiger partial charge in [0.15, 0.2) is 11.5 Å². The van der Waals surface area contributed by atoms with Crippen molar-refractivity contribution in [1.29, 1.82) is 0 Å². The number of aliphatic imine (C=N–C) groups is 1. The first-order chi connectivity index (χ1) is 16.9. The van der Waals surface area contributed by atoms with E-state index >= 15 is 0 Å². The van der Waals surface area contributed by atoms with E-state index < -0.39 is 17.1 Å². The Labute approximate surface area is 205 Å². The fraction of sp³-hybridized carbons (Fsp3) is 0.292. The van der Waals surface area contributed by atoms with Crippen LogP contribution in [0.1, 0.15) is 22.7 Å². The van der Waals surface area contributed by atoms with Gasteiger partial charge in [-0.15, -0.1) is 0 Å². The maximum Gasteiger partial charge on any atom is 0.335 e. The molecule has 1 atom stereocenters. The first-order valence-corrected chi connectivity index (χ1v) is 11.3. The minimum atomic E-state index is -0.806. The van der Waals surface area contributed by atoms with Gasteiger partial charge in [0.1, 0.15) is 5.56 Å². The van der Waals surface area contributed by atoms with E-state index in [2.05, 4.69) is 14.9 Å². The Bertz CT molecular complexity index is 1450. The molecular weight excluding hydrogens is 476 g/mol. The average Bonchev–Trinajstić information content (AvgIpc) is 3.30. The van der Waals surface area contributed by atoms with E-state index in [1.165, 1.54) is 6.21 Å². The molecule has 3 heterocycles. The third kappa shape index (κ3) is 3.94. The van der Waals surface area contributed by atoms with E-state index in [1.807, 2.05) is 13.1 Å².